The number of rotatable bonds is 10. The molecule has 0 aliphatic heterocycles. The molecule has 0 spiro atoms. The highest BCUT2D eigenvalue weighted by Crippen LogP contribution is 2.24. The highest BCUT2D eigenvalue weighted by molar-refractivity contribution is 7.92. The topological polar surface area (TPSA) is 86.8 Å². The van der Waals surface area contributed by atoms with Gasteiger partial charge in [0, 0.05) is 12.6 Å². The number of nitrogens with zero attached hydrogens (tertiary/aromatic N) is 2. The lowest BCUT2D eigenvalue weighted by Gasteiger charge is -2.32. The number of sulfonamides is 1. The van der Waals surface area contributed by atoms with Gasteiger partial charge in [-0.2, -0.15) is 0 Å². The highest BCUT2D eigenvalue weighted by atomic mass is 32.2. The predicted octanol–water partition coefficient (Wildman–Crippen LogP) is 4.50. The number of benzene rings is 3. The number of hydrogen-bond acceptors (Lipinski definition) is 4. The fourth-order valence-electron chi connectivity index (χ4n) is 4.60. The molecule has 0 aromatic heterocycles. The van der Waals surface area contributed by atoms with E-state index in [1.54, 1.807) is 67.6 Å². The summed E-state index contributed by atoms with van der Waals surface area (Å²) < 4.78 is 41.9. The molecule has 1 N–H and O–H groups in total. The molecule has 0 bridgehead atoms. The Bertz CT molecular complexity index is 1330. The molecule has 1 saturated carbocycles. The molecule has 9 heteroatoms. The van der Waals surface area contributed by atoms with Gasteiger partial charge in [-0.25, -0.2) is 12.8 Å². The lowest BCUT2D eigenvalue weighted by molar-refractivity contribution is -0.139. The number of nitrogens with one attached hydrogen (secondary N) is 1. The van der Waals surface area contributed by atoms with Crippen molar-refractivity contribution >= 4 is 27.5 Å². The van der Waals surface area contributed by atoms with Gasteiger partial charge in [-0.3, -0.25) is 13.9 Å². The van der Waals surface area contributed by atoms with E-state index in [-0.39, 0.29) is 23.4 Å². The minimum Gasteiger partial charge on any atom is -0.352 e. The van der Waals surface area contributed by atoms with Crippen molar-refractivity contribution in [2.24, 2.45) is 0 Å². The van der Waals surface area contributed by atoms with E-state index in [4.69, 9.17) is 0 Å². The minimum absolute atomic E-state index is 0.0202. The fourth-order valence-corrected chi connectivity index (χ4v) is 6.04. The maximum absolute atomic E-state index is 13.8. The Labute approximate surface area is 223 Å². The van der Waals surface area contributed by atoms with Crippen LogP contribution in [-0.4, -0.2) is 43.8 Å². The van der Waals surface area contributed by atoms with Gasteiger partial charge in [0.1, 0.15) is 18.4 Å². The largest absolute Gasteiger partial charge is 0.352 e. The van der Waals surface area contributed by atoms with Gasteiger partial charge >= 0.3 is 0 Å². The van der Waals surface area contributed by atoms with Gasteiger partial charge in [0.2, 0.25) is 11.8 Å². The van der Waals surface area contributed by atoms with Gasteiger partial charge in [-0.1, -0.05) is 61.4 Å². The standard InChI is InChI=1S/C29H32FN3O4S/c1-22(29(35)31-25-10-8-9-11-25)32(20-23-16-18-24(30)19-17-23)28(34)21-33(26-12-4-2-5-13-26)38(36,37)27-14-6-3-7-15-27/h2-7,12-19,22,25H,8-11,20-21H2,1H3,(H,31,35). The van der Waals surface area contributed by atoms with E-state index in [0.717, 1.165) is 30.0 Å². The van der Waals surface area contributed by atoms with Crippen molar-refractivity contribution in [2.75, 3.05) is 10.8 Å². The molecular weight excluding hydrogens is 505 g/mol. The third-order valence-corrected chi connectivity index (χ3v) is 8.58. The van der Waals surface area contributed by atoms with Gasteiger partial charge < -0.3 is 10.2 Å². The molecule has 1 aliphatic rings. The summed E-state index contributed by atoms with van der Waals surface area (Å²) in [5.74, 6) is -1.26. The second-order valence-electron chi connectivity index (χ2n) is 9.47. The van der Waals surface area contributed by atoms with Crippen molar-refractivity contribution in [3.8, 4) is 0 Å². The summed E-state index contributed by atoms with van der Waals surface area (Å²) >= 11 is 0. The maximum Gasteiger partial charge on any atom is 0.264 e. The number of amides is 2. The molecule has 2 amide bonds. The van der Waals surface area contributed by atoms with Crippen LogP contribution < -0.4 is 9.62 Å². The van der Waals surface area contributed by atoms with Crippen LogP contribution in [0.1, 0.15) is 38.2 Å². The Morgan fingerprint density at radius 1 is 0.921 bits per heavy atom. The number of carbonyl (C=O) groups is 2. The van der Waals surface area contributed by atoms with Gasteiger partial charge in [-0.15, -0.1) is 0 Å². The summed E-state index contributed by atoms with van der Waals surface area (Å²) in [6.07, 6.45) is 3.87. The first-order valence-corrected chi connectivity index (χ1v) is 14.2. The summed E-state index contributed by atoms with van der Waals surface area (Å²) in [7, 11) is -4.09. The third kappa shape index (κ3) is 6.58. The highest BCUT2D eigenvalue weighted by Gasteiger charge is 2.33. The zero-order valence-corrected chi connectivity index (χ0v) is 22.1. The van der Waals surface area contributed by atoms with Crippen LogP contribution in [0.2, 0.25) is 0 Å². The molecule has 4 rings (SSSR count). The molecule has 38 heavy (non-hydrogen) atoms. The van der Waals surface area contributed by atoms with Crippen molar-refractivity contribution < 1.29 is 22.4 Å². The van der Waals surface area contributed by atoms with Crippen LogP contribution in [0.25, 0.3) is 0 Å². The lowest BCUT2D eigenvalue weighted by Crippen LogP contribution is -2.52. The third-order valence-electron chi connectivity index (χ3n) is 6.79. The number of carbonyl (C=O) groups excluding carboxylic acids is 2. The Morgan fingerprint density at radius 2 is 1.50 bits per heavy atom. The van der Waals surface area contributed by atoms with E-state index in [1.165, 1.54) is 29.2 Å². The Hall–Kier alpha value is -3.72. The smallest absolute Gasteiger partial charge is 0.264 e. The Kier molecular flexibility index (Phi) is 8.78. The first kappa shape index (κ1) is 27.3. The molecule has 0 radical (unpaired) electrons. The van der Waals surface area contributed by atoms with Crippen molar-refractivity contribution in [1.29, 1.82) is 0 Å². The monoisotopic (exact) mass is 537 g/mol. The molecule has 1 aliphatic carbocycles. The van der Waals surface area contributed by atoms with Crippen molar-refractivity contribution in [1.82, 2.24) is 10.2 Å². The van der Waals surface area contributed by atoms with E-state index in [9.17, 15) is 22.4 Å². The minimum atomic E-state index is -4.09. The lowest BCUT2D eigenvalue weighted by atomic mass is 10.1. The molecule has 0 heterocycles. The molecule has 3 aromatic carbocycles. The van der Waals surface area contributed by atoms with Crippen LogP contribution in [0, 0.1) is 5.82 Å². The second-order valence-corrected chi connectivity index (χ2v) is 11.3. The fraction of sp³-hybridized carbons (Fsp3) is 0.310. The van der Waals surface area contributed by atoms with Crippen molar-refractivity contribution in [2.45, 2.75) is 56.1 Å². The van der Waals surface area contributed by atoms with Crippen molar-refractivity contribution in [3.63, 3.8) is 0 Å². The zero-order chi connectivity index (χ0) is 27.1. The molecule has 1 atom stereocenters. The van der Waals surface area contributed by atoms with Crippen LogP contribution in [0.3, 0.4) is 0 Å². The number of hydrogen-bond donors (Lipinski definition) is 1. The second kappa shape index (κ2) is 12.2. The van der Waals surface area contributed by atoms with Crippen LogP contribution in [0.4, 0.5) is 10.1 Å². The molecule has 0 saturated heterocycles. The van der Waals surface area contributed by atoms with E-state index in [2.05, 4.69) is 5.32 Å². The van der Waals surface area contributed by atoms with Gasteiger partial charge in [0.25, 0.3) is 10.0 Å². The van der Waals surface area contributed by atoms with E-state index >= 15 is 0 Å². The number of para-hydroxylation sites is 1. The summed E-state index contributed by atoms with van der Waals surface area (Å²) in [4.78, 5) is 28.4. The first-order chi connectivity index (χ1) is 18.3. The zero-order valence-electron chi connectivity index (χ0n) is 21.3. The average molecular weight is 538 g/mol. The molecule has 200 valence electrons. The van der Waals surface area contributed by atoms with Gasteiger partial charge in [0.05, 0.1) is 10.6 Å². The van der Waals surface area contributed by atoms with Crippen LogP contribution in [0.15, 0.2) is 89.8 Å². The first-order valence-electron chi connectivity index (χ1n) is 12.7. The van der Waals surface area contributed by atoms with Crippen molar-refractivity contribution in [3.05, 3.63) is 96.3 Å². The molecular formula is C29H32FN3O4S. The van der Waals surface area contributed by atoms with Gasteiger partial charge in [-0.05, 0) is 61.7 Å². The quantitative estimate of drug-likeness (QED) is 0.413. The van der Waals surface area contributed by atoms with Crippen LogP contribution in [-0.2, 0) is 26.2 Å². The van der Waals surface area contributed by atoms with E-state index < -0.39 is 34.3 Å². The summed E-state index contributed by atoms with van der Waals surface area (Å²) in [5.41, 5.74) is 0.951. The molecule has 1 unspecified atom stereocenters. The summed E-state index contributed by atoms with van der Waals surface area (Å²) in [6.45, 7) is 1.14. The van der Waals surface area contributed by atoms with Crippen LogP contribution >= 0.6 is 0 Å². The van der Waals surface area contributed by atoms with Gasteiger partial charge in [0.15, 0.2) is 0 Å². The van der Waals surface area contributed by atoms with E-state index in [1.807, 2.05) is 0 Å². The Morgan fingerprint density at radius 3 is 2.11 bits per heavy atom. The normalized spacial score (nSPS) is 14.6. The predicted molar refractivity (Wildman–Crippen MR) is 144 cm³/mol. The van der Waals surface area contributed by atoms with E-state index in [0.29, 0.717) is 11.3 Å². The SMILES string of the molecule is CC(C(=O)NC1CCCC1)N(Cc1ccc(F)cc1)C(=O)CN(c1ccccc1)S(=O)(=O)c1ccccc1. The summed E-state index contributed by atoms with van der Waals surface area (Å²) in [6, 6.07) is 21.2. The summed E-state index contributed by atoms with van der Waals surface area (Å²) in [5, 5.41) is 3.03. The maximum atomic E-state index is 13.8. The molecule has 3 aromatic rings. The molecule has 1 fully saturated rings. The van der Waals surface area contributed by atoms with Crippen LogP contribution in [0.5, 0.6) is 0 Å². The molecule has 7 nitrogen and oxygen atoms in total. The number of anilines is 1. The average Bonchev–Trinajstić information content (AvgIpc) is 3.45. The number of halogens is 1. The Balaban J connectivity index is 1.65.